The van der Waals surface area contributed by atoms with Gasteiger partial charge in [0.2, 0.25) is 5.91 Å². The van der Waals surface area contributed by atoms with Crippen LogP contribution >= 0.6 is 0 Å². The molecule has 1 aliphatic heterocycles. The van der Waals surface area contributed by atoms with E-state index in [-0.39, 0.29) is 5.91 Å². The molecule has 2 heterocycles. The van der Waals surface area contributed by atoms with Gasteiger partial charge in [0.05, 0.1) is 30.8 Å². The SMILES string of the molecule is C=CC(=O)Nc1cc(C)cc(-c2ccc(N3CCOCC3)cn2)c1. The lowest BCUT2D eigenvalue weighted by molar-refractivity contribution is -0.111. The third-order valence-corrected chi connectivity index (χ3v) is 3.95. The van der Waals surface area contributed by atoms with Crippen LogP contribution in [-0.4, -0.2) is 37.2 Å². The number of hydrogen-bond acceptors (Lipinski definition) is 4. The molecule has 5 nitrogen and oxygen atoms in total. The fourth-order valence-electron chi connectivity index (χ4n) is 2.76. The van der Waals surface area contributed by atoms with Gasteiger partial charge >= 0.3 is 0 Å². The Morgan fingerprint density at radius 3 is 2.75 bits per heavy atom. The highest BCUT2D eigenvalue weighted by molar-refractivity contribution is 5.99. The summed E-state index contributed by atoms with van der Waals surface area (Å²) in [5, 5.41) is 2.80. The first-order valence-electron chi connectivity index (χ1n) is 8.00. The first kappa shape index (κ1) is 16.2. The van der Waals surface area contributed by atoms with Crippen LogP contribution in [-0.2, 0) is 9.53 Å². The molecule has 5 heteroatoms. The zero-order chi connectivity index (χ0) is 16.9. The molecule has 1 N–H and O–H groups in total. The van der Waals surface area contributed by atoms with Crippen molar-refractivity contribution in [2.45, 2.75) is 6.92 Å². The summed E-state index contributed by atoms with van der Waals surface area (Å²) in [7, 11) is 0. The molecule has 2 aromatic rings. The van der Waals surface area contributed by atoms with E-state index in [4.69, 9.17) is 4.74 Å². The lowest BCUT2D eigenvalue weighted by Crippen LogP contribution is -2.36. The van der Waals surface area contributed by atoms with Crippen molar-refractivity contribution in [1.29, 1.82) is 0 Å². The number of nitrogens with one attached hydrogen (secondary N) is 1. The van der Waals surface area contributed by atoms with Gasteiger partial charge in [0.1, 0.15) is 0 Å². The van der Waals surface area contributed by atoms with Crippen molar-refractivity contribution in [2.75, 3.05) is 36.5 Å². The quantitative estimate of drug-likeness (QED) is 0.879. The number of carbonyl (C=O) groups excluding carboxylic acids is 1. The number of aryl methyl sites for hydroxylation is 1. The van der Waals surface area contributed by atoms with E-state index in [1.807, 2.05) is 31.3 Å². The summed E-state index contributed by atoms with van der Waals surface area (Å²) < 4.78 is 5.38. The standard InChI is InChI=1S/C19H21N3O2/c1-3-19(23)21-16-11-14(2)10-15(12-16)18-5-4-17(13-20-18)22-6-8-24-9-7-22/h3-5,10-13H,1,6-9H2,2H3,(H,21,23). The third kappa shape index (κ3) is 3.81. The summed E-state index contributed by atoms with van der Waals surface area (Å²) in [4.78, 5) is 18.4. The highest BCUT2D eigenvalue weighted by Gasteiger charge is 2.12. The van der Waals surface area contributed by atoms with Crippen LogP contribution in [0.5, 0.6) is 0 Å². The van der Waals surface area contributed by atoms with Crippen molar-refractivity contribution < 1.29 is 9.53 Å². The van der Waals surface area contributed by atoms with E-state index in [1.54, 1.807) is 0 Å². The van der Waals surface area contributed by atoms with Gasteiger partial charge in [-0.1, -0.05) is 6.58 Å². The number of benzene rings is 1. The molecule has 0 bridgehead atoms. The second kappa shape index (κ2) is 7.27. The molecule has 0 spiro atoms. The van der Waals surface area contributed by atoms with Crippen LogP contribution in [0, 0.1) is 6.92 Å². The maximum absolute atomic E-state index is 11.5. The molecule has 0 atom stereocenters. The lowest BCUT2D eigenvalue weighted by Gasteiger charge is -2.28. The zero-order valence-electron chi connectivity index (χ0n) is 13.8. The molecule has 1 aromatic heterocycles. The molecular weight excluding hydrogens is 302 g/mol. The number of nitrogens with zero attached hydrogens (tertiary/aromatic N) is 2. The average Bonchev–Trinajstić information content (AvgIpc) is 2.62. The molecule has 0 unspecified atom stereocenters. The van der Waals surface area contributed by atoms with Crippen molar-refractivity contribution in [3.05, 3.63) is 54.7 Å². The third-order valence-electron chi connectivity index (χ3n) is 3.95. The van der Waals surface area contributed by atoms with Gasteiger partial charge in [-0.25, -0.2) is 0 Å². The first-order valence-corrected chi connectivity index (χ1v) is 8.00. The normalized spacial score (nSPS) is 14.3. The summed E-state index contributed by atoms with van der Waals surface area (Å²) in [6.45, 7) is 8.77. The summed E-state index contributed by atoms with van der Waals surface area (Å²) >= 11 is 0. The number of ether oxygens (including phenoxy) is 1. The minimum atomic E-state index is -0.220. The number of aromatic nitrogens is 1. The van der Waals surface area contributed by atoms with Crippen molar-refractivity contribution in [3.63, 3.8) is 0 Å². The van der Waals surface area contributed by atoms with E-state index < -0.39 is 0 Å². The second-order valence-electron chi connectivity index (χ2n) is 5.78. The van der Waals surface area contributed by atoms with E-state index in [0.717, 1.165) is 54.5 Å². The van der Waals surface area contributed by atoms with E-state index in [9.17, 15) is 4.79 Å². The molecule has 0 aliphatic carbocycles. The fourth-order valence-corrected chi connectivity index (χ4v) is 2.76. The van der Waals surface area contributed by atoms with Crippen LogP contribution < -0.4 is 10.2 Å². The largest absolute Gasteiger partial charge is 0.378 e. The van der Waals surface area contributed by atoms with Gasteiger partial charge in [-0.05, 0) is 48.9 Å². The van der Waals surface area contributed by atoms with Gasteiger partial charge < -0.3 is 15.0 Å². The molecule has 1 amide bonds. The Kier molecular flexibility index (Phi) is 4.91. The van der Waals surface area contributed by atoms with Crippen molar-refractivity contribution in [3.8, 4) is 11.3 Å². The van der Waals surface area contributed by atoms with Crippen molar-refractivity contribution in [1.82, 2.24) is 4.98 Å². The molecule has 124 valence electrons. The van der Waals surface area contributed by atoms with E-state index >= 15 is 0 Å². The van der Waals surface area contributed by atoms with E-state index in [2.05, 4.69) is 33.9 Å². The van der Waals surface area contributed by atoms with Crippen LogP contribution in [0.3, 0.4) is 0 Å². The molecule has 0 saturated carbocycles. The molecule has 1 fully saturated rings. The first-order chi connectivity index (χ1) is 11.7. The predicted octanol–water partition coefficient (Wildman–Crippen LogP) is 3.02. The number of rotatable bonds is 4. The fraction of sp³-hybridized carbons (Fsp3) is 0.263. The van der Waals surface area contributed by atoms with Crippen molar-refractivity contribution in [2.24, 2.45) is 0 Å². The number of anilines is 2. The number of carbonyl (C=O) groups is 1. The number of hydrogen-bond donors (Lipinski definition) is 1. The molecule has 24 heavy (non-hydrogen) atoms. The lowest BCUT2D eigenvalue weighted by atomic mass is 10.1. The van der Waals surface area contributed by atoms with Crippen LogP contribution in [0.15, 0.2) is 49.2 Å². The average molecular weight is 323 g/mol. The minimum absolute atomic E-state index is 0.220. The molecule has 1 aromatic carbocycles. The Labute approximate surface area is 142 Å². The Morgan fingerprint density at radius 2 is 2.08 bits per heavy atom. The van der Waals surface area contributed by atoms with Gasteiger partial charge in [-0.15, -0.1) is 0 Å². The number of pyridine rings is 1. The summed E-state index contributed by atoms with van der Waals surface area (Å²) in [6.07, 6.45) is 3.16. The Balaban J connectivity index is 1.83. The van der Waals surface area contributed by atoms with Gasteiger partial charge in [-0.3, -0.25) is 9.78 Å². The molecule has 1 aliphatic rings. The highest BCUT2D eigenvalue weighted by atomic mass is 16.5. The van der Waals surface area contributed by atoms with Crippen LogP contribution in [0.4, 0.5) is 11.4 Å². The van der Waals surface area contributed by atoms with Crippen molar-refractivity contribution >= 4 is 17.3 Å². The molecular formula is C19H21N3O2. The molecule has 1 saturated heterocycles. The Hall–Kier alpha value is -2.66. The van der Waals surface area contributed by atoms with Gasteiger partial charge in [0.25, 0.3) is 0 Å². The summed E-state index contributed by atoms with van der Waals surface area (Å²) in [5.74, 6) is -0.220. The number of amides is 1. The highest BCUT2D eigenvalue weighted by Crippen LogP contribution is 2.25. The summed E-state index contributed by atoms with van der Waals surface area (Å²) in [5.41, 5.74) is 4.77. The van der Waals surface area contributed by atoms with Crippen LogP contribution in [0.1, 0.15) is 5.56 Å². The maximum atomic E-state index is 11.5. The van der Waals surface area contributed by atoms with Gasteiger partial charge in [0.15, 0.2) is 0 Å². The monoisotopic (exact) mass is 323 g/mol. The second-order valence-corrected chi connectivity index (χ2v) is 5.78. The van der Waals surface area contributed by atoms with Crippen LogP contribution in [0.25, 0.3) is 11.3 Å². The topological polar surface area (TPSA) is 54.5 Å². The molecule has 0 radical (unpaired) electrons. The summed E-state index contributed by atoms with van der Waals surface area (Å²) in [6, 6.07) is 10.00. The maximum Gasteiger partial charge on any atom is 0.247 e. The predicted molar refractivity (Wildman–Crippen MR) is 96.3 cm³/mol. The van der Waals surface area contributed by atoms with E-state index in [0.29, 0.717) is 0 Å². The van der Waals surface area contributed by atoms with Crippen LogP contribution in [0.2, 0.25) is 0 Å². The smallest absolute Gasteiger partial charge is 0.247 e. The van der Waals surface area contributed by atoms with Gasteiger partial charge in [0, 0.05) is 24.3 Å². The Bertz CT molecular complexity index is 735. The number of morpholine rings is 1. The van der Waals surface area contributed by atoms with Gasteiger partial charge in [-0.2, -0.15) is 0 Å². The zero-order valence-corrected chi connectivity index (χ0v) is 13.8. The Morgan fingerprint density at radius 1 is 1.29 bits per heavy atom. The minimum Gasteiger partial charge on any atom is -0.378 e. The van der Waals surface area contributed by atoms with E-state index in [1.165, 1.54) is 6.08 Å². The molecule has 3 rings (SSSR count).